The highest BCUT2D eigenvalue weighted by atomic mass is 35.5. The fourth-order valence-corrected chi connectivity index (χ4v) is 1.62. The normalized spacial score (nSPS) is 10.8. The number of hydrogen-bond acceptors (Lipinski definition) is 5. The summed E-state index contributed by atoms with van der Waals surface area (Å²) in [5.74, 6) is 0.850. The zero-order valence-corrected chi connectivity index (χ0v) is 10.8. The number of rotatable bonds is 5. The predicted molar refractivity (Wildman–Crippen MR) is 69.1 cm³/mol. The van der Waals surface area contributed by atoms with Crippen molar-refractivity contribution in [3.8, 4) is 11.5 Å². The van der Waals surface area contributed by atoms with Crippen molar-refractivity contribution in [1.29, 1.82) is 0 Å². The third kappa shape index (κ3) is 3.00. The van der Waals surface area contributed by atoms with Crippen LogP contribution in [0.1, 0.15) is 19.2 Å². The van der Waals surface area contributed by atoms with Crippen molar-refractivity contribution < 1.29 is 9.26 Å². The molecule has 0 amide bonds. The van der Waals surface area contributed by atoms with Crippen molar-refractivity contribution in [3.63, 3.8) is 0 Å². The molecule has 0 bridgehead atoms. The molecule has 0 saturated heterocycles. The van der Waals surface area contributed by atoms with Crippen LogP contribution in [0, 0.1) is 0 Å². The van der Waals surface area contributed by atoms with Gasteiger partial charge in [-0.1, -0.05) is 23.7 Å². The number of aromatic nitrogens is 2. The number of benzene rings is 1. The van der Waals surface area contributed by atoms with Crippen molar-refractivity contribution in [2.45, 2.75) is 20.0 Å². The lowest BCUT2D eigenvalue weighted by molar-refractivity contribution is 0.114. The number of nitrogens with zero attached hydrogens (tertiary/aromatic N) is 2. The molecular formula is C12H14ClN3O2. The third-order valence-electron chi connectivity index (χ3n) is 2.29. The number of hydrogen-bond donors (Lipinski definition) is 1. The Labute approximate surface area is 110 Å². The van der Waals surface area contributed by atoms with Crippen LogP contribution in [0.2, 0.25) is 5.02 Å². The standard InChI is InChI=1S/C12H14ClN3O2/c1-2-5-17-7-11-15-12(18-16-11)9-6-8(13)3-4-10(9)14/h3-4,6H,2,5,7,14H2,1H3. The van der Waals surface area contributed by atoms with Gasteiger partial charge in [0, 0.05) is 17.3 Å². The minimum Gasteiger partial charge on any atom is -0.398 e. The number of halogens is 1. The first-order valence-corrected chi connectivity index (χ1v) is 6.04. The first-order valence-electron chi connectivity index (χ1n) is 5.66. The Morgan fingerprint density at radius 2 is 2.28 bits per heavy atom. The maximum Gasteiger partial charge on any atom is 0.260 e. The van der Waals surface area contributed by atoms with Gasteiger partial charge in [0.1, 0.15) is 6.61 Å². The van der Waals surface area contributed by atoms with Gasteiger partial charge in [0.15, 0.2) is 5.82 Å². The lowest BCUT2D eigenvalue weighted by Gasteiger charge is -2.00. The molecule has 0 spiro atoms. The van der Waals surface area contributed by atoms with Crippen LogP contribution in [0.5, 0.6) is 0 Å². The van der Waals surface area contributed by atoms with Gasteiger partial charge in [-0.15, -0.1) is 0 Å². The lowest BCUT2D eigenvalue weighted by atomic mass is 10.2. The van der Waals surface area contributed by atoms with E-state index >= 15 is 0 Å². The zero-order chi connectivity index (χ0) is 13.0. The van der Waals surface area contributed by atoms with E-state index in [0.717, 1.165) is 6.42 Å². The minimum atomic E-state index is 0.331. The van der Waals surface area contributed by atoms with E-state index in [1.54, 1.807) is 18.2 Å². The SMILES string of the molecule is CCCOCc1noc(-c2cc(Cl)ccc2N)n1. The third-order valence-corrected chi connectivity index (χ3v) is 2.53. The van der Waals surface area contributed by atoms with Gasteiger partial charge in [-0.05, 0) is 24.6 Å². The molecule has 18 heavy (non-hydrogen) atoms. The number of anilines is 1. The van der Waals surface area contributed by atoms with Crippen LogP contribution in [0.25, 0.3) is 11.5 Å². The summed E-state index contributed by atoms with van der Waals surface area (Å²) in [7, 11) is 0. The Morgan fingerprint density at radius 1 is 1.44 bits per heavy atom. The molecule has 0 aliphatic carbocycles. The highest BCUT2D eigenvalue weighted by Gasteiger charge is 2.12. The second-order valence-corrected chi connectivity index (χ2v) is 4.24. The summed E-state index contributed by atoms with van der Waals surface area (Å²) in [4.78, 5) is 4.21. The van der Waals surface area contributed by atoms with Crippen molar-refractivity contribution in [2.75, 3.05) is 12.3 Å². The van der Waals surface area contributed by atoms with Crippen LogP contribution in [0.15, 0.2) is 22.7 Å². The second kappa shape index (κ2) is 5.84. The molecule has 0 aliphatic heterocycles. The van der Waals surface area contributed by atoms with Gasteiger partial charge >= 0.3 is 0 Å². The van der Waals surface area contributed by atoms with Crippen LogP contribution in [-0.4, -0.2) is 16.7 Å². The summed E-state index contributed by atoms with van der Waals surface area (Å²) in [6.07, 6.45) is 0.950. The maximum atomic E-state index is 5.91. The quantitative estimate of drug-likeness (QED) is 0.666. The molecule has 2 aromatic rings. The molecule has 1 aromatic heterocycles. The smallest absolute Gasteiger partial charge is 0.260 e. The Morgan fingerprint density at radius 3 is 3.06 bits per heavy atom. The Bertz CT molecular complexity index is 528. The fourth-order valence-electron chi connectivity index (χ4n) is 1.44. The number of ether oxygens (including phenoxy) is 1. The Kier molecular flexibility index (Phi) is 4.17. The first kappa shape index (κ1) is 12.9. The van der Waals surface area contributed by atoms with Crippen molar-refractivity contribution in [1.82, 2.24) is 10.1 Å². The second-order valence-electron chi connectivity index (χ2n) is 3.80. The summed E-state index contributed by atoms with van der Waals surface area (Å²) >= 11 is 5.91. The summed E-state index contributed by atoms with van der Waals surface area (Å²) in [6, 6.07) is 5.11. The topological polar surface area (TPSA) is 74.2 Å². The maximum absolute atomic E-state index is 5.91. The predicted octanol–water partition coefficient (Wildman–Crippen LogP) is 2.90. The van der Waals surface area contributed by atoms with Gasteiger partial charge in [-0.3, -0.25) is 0 Å². The molecule has 0 unspecified atom stereocenters. The van der Waals surface area contributed by atoms with Gasteiger partial charge in [-0.2, -0.15) is 4.98 Å². The fraction of sp³-hybridized carbons (Fsp3) is 0.333. The number of nitrogens with two attached hydrogens (primary N) is 1. The lowest BCUT2D eigenvalue weighted by Crippen LogP contribution is -1.96. The summed E-state index contributed by atoms with van der Waals surface area (Å²) in [5.41, 5.74) is 7.02. The molecule has 6 heteroatoms. The largest absolute Gasteiger partial charge is 0.398 e. The van der Waals surface area contributed by atoms with Gasteiger partial charge in [0.05, 0.1) is 5.56 Å². The van der Waals surface area contributed by atoms with Crippen LogP contribution in [0.4, 0.5) is 5.69 Å². The molecule has 0 atom stereocenters. The molecule has 0 aliphatic rings. The van der Waals surface area contributed by atoms with Gasteiger partial charge < -0.3 is 15.0 Å². The van der Waals surface area contributed by atoms with E-state index in [4.69, 9.17) is 26.6 Å². The molecular weight excluding hydrogens is 254 g/mol. The van der Waals surface area contributed by atoms with E-state index < -0.39 is 0 Å². The Balaban J connectivity index is 2.16. The van der Waals surface area contributed by atoms with Crippen LogP contribution < -0.4 is 5.73 Å². The first-order chi connectivity index (χ1) is 8.70. The van der Waals surface area contributed by atoms with Crippen LogP contribution in [0.3, 0.4) is 0 Å². The Hall–Kier alpha value is -1.59. The molecule has 1 heterocycles. The van der Waals surface area contributed by atoms with Crippen molar-refractivity contribution in [3.05, 3.63) is 29.0 Å². The molecule has 0 fully saturated rings. The van der Waals surface area contributed by atoms with E-state index in [-0.39, 0.29) is 0 Å². The van der Waals surface area contributed by atoms with Crippen LogP contribution in [-0.2, 0) is 11.3 Å². The molecule has 2 N–H and O–H groups in total. The van der Waals surface area contributed by atoms with E-state index in [1.807, 2.05) is 6.92 Å². The average molecular weight is 268 g/mol. The summed E-state index contributed by atoms with van der Waals surface area (Å²) in [6.45, 7) is 3.04. The molecule has 96 valence electrons. The molecule has 0 radical (unpaired) electrons. The zero-order valence-electron chi connectivity index (χ0n) is 10.0. The van der Waals surface area contributed by atoms with E-state index in [2.05, 4.69) is 10.1 Å². The highest BCUT2D eigenvalue weighted by Crippen LogP contribution is 2.27. The molecule has 0 saturated carbocycles. The van der Waals surface area contributed by atoms with Crippen molar-refractivity contribution in [2.24, 2.45) is 0 Å². The molecule has 5 nitrogen and oxygen atoms in total. The summed E-state index contributed by atoms with van der Waals surface area (Å²) < 4.78 is 10.5. The van der Waals surface area contributed by atoms with E-state index in [9.17, 15) is 0 Å². The highest BCUT2D eigenvalue weighted by molar-refractivity contribution is 6.31. The number of nitrogen functional groups attached to an aromatic ring is 1. The molecule has 1 aromatic carbocycles. The summed E-state index contributed by atoms with van der Waals surface area (Å²) in [5, 5.41) is 4.40. The molecule has 2 rings (SSSR count). The van der Waals surface area contributed by atoms with Gasteiger partial charge in [0.25, 0.3) is 5.89 Å². The van der Waals surface area contributed by atoms with Crippen molar-refractivity contribution >= 4 is 17.3 Å². The van der Waals surface area contributed by atoms with Gasteiger partial charge in [0.2, 0.25) is 0 Å². The van der Waals surface area contributed by atoms with Crippen LogP contribution >= 0.6 is 11.6 Å². The van der Waals surface area contributed by atoms with E-state index in [0.29, 0.717) is 41.2 Å². The minimum absolute atomic E-state index is 0.331. The van der Waals surface area contributed by atoms with Gasteiger partial charge in [-0.25, -0.2) is 0 Å². The monoisotopic (exact) mass is 267 g/mol. The average Bonchev–Trinajstić information content (AvgIpc) is 2.81. The van der Waals surface area contributed by atoms with E-state index in [1.165, 1.54) is 0 Å².